The van der Waals surface area contributed by atoms with Crippen molar-refractivity contribution in [2.75, 3.05) is 7.11 Å². The number of hydrogen-bond donors (Lipinski definition) is 0. The lowest BCUT2D eigenvalue weighted by Gasteiger charge is -2.11. The first-order chi connectivity index (χ1) is 9.85. The molecule has 0 aliphatic rings. The van der Waals surface area contributed by atoms with Crippen molar-refractivity contribution in [2.45, 2.75) is 6.92 Å². The molecule has 0 saturated heterocycles. The molecule has 2 nitrogen and oxygen atoms in total. The maximum absolute atomic E-state index is 13.7. The zero-order valence-corrected chi connectivity index (χ0v) is 12.7. The molecule has 0 unspecified atom stereocenters. The van der Waals surface area contributed by atoms with Gasteiger partial charge in [-0.2, -0.15) is 0 Å². The Morgan fingerprint density at radius 2 is 1.67 bits per heavy atom. The van der Waals surface area contributed by atoms with Crippen molar-refractivity contribution in [2.24, 2.45) is 0 Å². The van der Waals surface area contributed by atoms with Crippen molar-refractivity contribution in [3.05, 3.63) is 62.9 Å². The molecule has 0 N–H and O–H groups in total. The van der Waals surface area contributed by atoms with Gasteiger partial charge in [0.15, 0.2) is 0 Å². The number of methoxy groups -OCH3 is 1. The van der Waals surface area contributed by atoms with Gasteiger partial charge in [0.05, 0.1) is 18.2 Å². The van der Waals surface area contributed by atoms with Gasteiger partial charge in [-0.15, -0.1) is 0 Å². The van der Waals surface area contributed by atoms with E-state index in [0.717, 1.165) is 5.56 Å². The van der Waals surface area contributed by atoms with Gasteiger partial charge in [0, 0.05) is 16.6 Å². The van der Waals surface area contributed by atoms with E-state index < -0.39 is 28.8 Å². The number of carbonyl (C=O) groups excluding carboxylic acids is 1. The zero-order valence-electron chi connectivity index (χ0n) is 11.1. The van der Waals surface area contributed by atoms with Crippen molar-refractivity contribution in [1.29, 1.82) is 0 Å². The second-order valence-corrected chi connectivity index (χ2v) is 5.23. The number of carbonyl (C=O) groups is 1. The van der Waals surface area contributed by atoms with E-state index in [1.165, 1.54) is 13.2 Å². The minimum absolute atomic E-state index is 0.0145. The Morgan fingerprint density at radius 3 is 2.19 bits per heavy atom. The molecule has 0 fully saturated rings. The molecule has 110 valence electrons. The van der Waals surface area contributed by atoms with Crippen LogP contribution in [0.15, 0.2) is 28.7 Å². The van der Waals surface area contributed by atoms with E-state index in [0.29, 0.717) is 16.6 Å². The highest BCUT2D eigenvalue weighted by Crippen LogP contribution is 2.30. The molecule has 2 aromatic rings. The maximum atomic E-state index is 13.7. The van der Waals surface area contributed by atoms with E-state index in [1.54, 1.807) is 13.0 Å². The van der Waals surface area contributed by atoms with E-state index >= 15 is 0 Å². The Morgan fingerprint density at radius 1 is 1.10 bits per heavy atom. The van der Waals surface area contributed by atoms with E-state index in [2.05, 4.69) is 15.9 Å². The zero-order chi connectivity index (χ0) is 15.7. The molecule has 6 heteroatoms. The van der Waals surface area contributed by atoms with Gasteiger partial charge in [-0.1, -0.05) is 15.9 Å². The normalized spacial score (nSPS) is 10.6. The molecule has 0 atom stereocenters. The second-order valence-electron chi connectivity index (χ2n) is 4.38. The first-order valence-corrected chi connectivity index (χ1v) is 6.67. The summed E-state index contributed by atoms with van der Waals surface area (Å²) in [6.07, 6.45) is 0. The minimum Gasteiger partial charge on any atom is -0.496 e. The van der Waals surface area contributed by atoms with Crippen LogP contribution in [0.3, 0.4) is 0 Å². The van der Waals surface area contributed by atoms with E-state index in [4.69, 9.17) is 4.74 Å². The Balaban J connectivity index is 2.63. The Labute approximate surface area is 127 Å². The van der Waals surface area contributed by atoms with Crippen molar-refractivity contribution in [3.8, 4) is 5.75 Å². The summed E-state index contributed by atoms with van der Waals surface area (Å²) in [6, 6.07) is 3.91. The van der Waals surface area contributed by atoms with Gasteiger partial charge in [0.2, 0.25) is 5.78 Å². The van der Waals surface area contributed by atoms with Crippen molar-refractivity contribution in [3.63, 3.8) is 0 Å². The highest BCUT2D eigenvalue weighted by Gasteiger charge is 2.23. The molecule has 21 heavy (non-hydrogen) atoms. The number of hydrogen-bond acceptors (Lipinski definition) is 2. The molecule has 0 saturated carbocycles. The van der Waals surface area contributed by atoms with Crippen LogP contribution in [0.2, 0.25) is 0 Å². The van der Waals surface area contributed by atoms with E-state index in [-0.39, 0.29) is 11.3 Å². The van der Waals surface area contributed by atoms with E-state index in [9.17, 15) is 18.0 Å². The van der Waals surface area contributed by atoms with E-state index in [1.807, 2.05) is 0 Å². The molecular weight excluding hydrogens is 349 g/mol. The summed E-state index contributed by atoms with van der Waals surface area (Å²) in [5.41, 5.74) is -0.0340. The third kappa shape index (κ3) is 2.95. The van der Waals surface area contributed by atoms with Crippen molar-refractivity contribution >= 4 is 21.7 Å². The molecule has 0 bridgehead atoms. The Kier molecular flexibility index (Phi) is 4.37. The Bertz CT molecular complexity index is 706. The number of ether oxygens (including phenoxy) is 1. The first-order valence-electron chi connectivity index (χ1n) is 5.88. The van der Waals surface area contributed by atoms with Crippen molar-refractivity contribution in [1.82, 2.24) is 0 Å². The van der Waals surface area contributed by atoms with Gasteiger partial charge >= 0.3 is 0 Å². The summed E-state index contributed by atoms with van der Waals surface area (Å²) in [6.45, 7) is 1.78. The number of ketones is 1. The lowest BCUT2D eigenvalue weighted by Crippen LogP contribution is -2.10. The van der Waals surface area contributed by atoms with Crippen LogP contribution >= 0.6 is 15.9 Å². The first kappa shape index (κ1) is 15.6. The molecule has 2 rings (SSSR count). The van der Waals surface area contributed by atoms with Crippen LogP contribution in [0.25, 0.3) is 0 Å². The molecule has 0 spiro atoms. The average molecular weight is 359 g/mol. The predicted octanol–water partition coefficient (Wildman–Crippen LogP) is 4.41. The van der Waals surface area contributed by atoms with Crippen LogP contribution < -0.4 is 4.74 Å². The largest absolute Gasteiger partial charge is 0.496 e. The summed E-state index contributed by atoms with van der Waals surface area (Å²) in [4.78, 5) is 12.3. The number of halogens is 4. The summed E-state index contributed by atoms with van der Waals surface area (Å²) in [5, 5.41) is 0. The number of aryl methyl sites for hydroxylation is 1. The topological polar surface area (TPSA) is 26.3 Å². The van der Waals surface area contributed by atoms with Gasteiger partial charge in [0.1, 0.15) is 23.2 Å². The SMILES string of the molecule is COc1cc(C)c(Br)cc1C(=O)c1c(F)cc(F)cc1F. The predicted molar refractivity (Wildman–Crippen MR) is 75.2 cm³/mol. The van der Waals surface area contributed by atoms with Crippen molar-refractivity contribution < 1.29 is 22.7 Å². The van der Waals surface area contributed by atoms with Crippen LogP contribution in [0.4, 0.5) is 13.2 Å². The van der Waals surface area contributed by atoms with Crippen LogP contribution in [0.1, 0.15) is 21.5 Å². The monoisotopic (exact) mass is 358 g/mol. The van der Waals surface area contributed by atoms with Crippen LogP contribution in [-0.4, -0.2) is 12.9 Å². The molecule has 0 aromatic heterocycles. The quantitative estimate of drug-likeness (QED) is 0.759. The molecule has 0 heterocycles. The third-order valence-corrected chi connectivity index (χ3v) is 3.81. The van der Waals surface area contributed by atoms with Gasteiger partial charge in [-0.25, -0.2) is 13.2 Å². The molecule has 0 aliphatic carbocycles. The molecule has 2 aromatic carbocycles. The fourth-order valence-electron chi connectivity index (χ4n) is 1.90. The minimum atomic E-state index is -1.25. The molecular formula is C15H10BrF3O2. The lowest BCUT2D eigenvalue weighted by molar-refractivity contribution is 0.102. The van der Waals surface area contributed by atoms with Gasteiger partial charge in [0.25, 0.3) is 0 Å². The van der Waals surface area contributed by atoms with Gasteiger partial charge in [-0.05, 0) is 24.6 Å². The smallest absolute Gasteiger partial charge is 0.202 e. The Hall–Kier alpha value is -1.82. The van der Waals surface area contributed by atoms with Crippen LogP contribution in [0, 0.1) is 24.4 Å². The molecule has 0 amide bonds. The molecule has 0 aliphatic heterocycles. The van der Waals surface area contributed by atoms with Gasteiger partial charge < -0.3 is 4.74 Å². The third-order valence-electron chi connectivity index (χ3n) is 2.96. The second kappa shape index (κ2) is 5.89. The highest BCUT2D eigenvalue weighted by atomic mass is 79.9. The fourth-order valence-corrected chi connectivity index (χ4v) is 2.24. The van der Waals surface area contributed by atoms with Gasteiger partial charge in [-0.3, -0.25) is 4.79 Å². The van der Waals surface area contributed by atoms with Crippen LogP contribution in [-0.2, 0) is 0 Å². The summed E-state index contributed by atoms with van der Waals surface area (Å²) >= 11 is 3.24. The summed E-state index contributed by atoms with van der Waals surface area (Å²) in [7, 11) is 1.34. The number of rotatable bonds is 3. The molecule has 0 radical (unpaired) electrons. The number of benzene rings is 2. The maximum Gasteiger partial charge on any atom is 0.202 e. The summed E-state index contributed by atoms with van der Waals surface area (Å²) in [5.74, 6) is -4.32. The highest BCUT2D eigenvalue weighted by molar-refractivity contribution is 9.10. The lowest BCUT2D eigenvalue weighted by atomic mass is 10.00. The standard InChI is InChI=1S/C15H10BrF3O2/c1-7-3-13(21-2)9(6-10(7)16)15(20)14-11(18)4-8(17)5-12(14)19/h3-6H,1-2H3. The average Bonchev–Trinajstić information content (AvgIpc) is 2.39. The summed E-state index contributed by atoms with van der Waals surface area (Å²) < 4.78 is 46.0. The fraction of sp³-hybridized carbons (Fsp3) is 0.133. The van der Waals surface area contributed by atoms with Crippen LogP contribution in [0.5, 0.6) is 5.75 Å².